The molecule has 0 aromatic carbocycles. The number of nitrogens with one attached hydrogen (secondary N) is 1. The molecule has 18 heavy (non-hydrogen) atoms. The summed E-state index contributed by atoms with van der Waals surface area (Å²) in [6.45, 7) is 2.58. The molecule has 6 nitrogen and oxygen atoms in total. The number of hydrogen-bond acceptors (Lipinski definition) is 4. The van der Waals surface area contributed by atoms with Crippen molar-refractivity contribution in [3.8, 4) is 0 Å². The van der Waals surface area contributed by atoms with Gasteiger partial charge >= 0.3 is 0 Å². The Labute approximate surface area is 104 Å². The Morgan fingerprint density at radius 3 is 3.28 bits per heavy atom. The summed E-state index contributed by atoms with van der Waals surface area (Å²) >= 11 is 0. The summed E-state index contributed by atoms with van der Waals surface area (Å²) in [5.74, 6) is 0.431. The van der Waals surface area contributed by atoms with Gasteiger partial charge in [0.15, 0.2) is 0 Å². The van der Waals surface area contributed by atoms with Crippen LogP contribution in [0.4, 0.5) is 0 Å². The maximum absolute atomic E-state index is 12.0. The van der Waals surface area contributed by atoms with Crippen LogP contribution in [0.5, 0.6) is 0 Å². The molecule has 0 radical (unpaired) electrons. The average Bonchev–Trinajstić information content (AvgIpc) is 2.96. The van der Waals surface area contributed by atoms with Crippen molar-refractivity contribution in [2.24, 2.45) is 0 Å². The molecule has 1 atom stereocenters. The Balaban J connectivity index is 1.68. The van der Waals surface area contributed by atoms with Crippen LogP contribution in [-0.4, -0.2) is 26.9 Å². The number of hydrogen-bond donors (Lipinski definition) is 1. The summed E-state index contributed by atoms with van der Waals surface area (Å²) in [4.78, 5) is 12.0. The largest absolute Gasteiger partial charge is 0.361 e. The standard InChI is InChI=1S/C12H14N4O2/c1-8-11(7-14-18-8)12(17)15-9-3-5-16-10(6-9)2-4-13-16/h2,4,7,9H,3,5-6H2,1H3,(H,15,17). The first kappa shape index (κ1) is 11.0. The fraction of sp³-hybridized carbons (Fsp3) is 0.417. The van der Waals surface area contributed by atoms with Gasteiger partial charge in [0, 0.05) is 30.9 Å². The van der Waals surface area contributed by atoms with Gasteiger partial charge in [-0.3, -0.25) is 9.48 Å². The summed E-state index contributed by atoms with van der Waals surface area (Å²) in [6, 6.07) is 2.14. The Hall–Kier alpha value is -2.11. The normalized spacial score (nSPS) is 18.4. The van der Waals surface area contributed by atoms with Gasteiger partial charge in [-0.25, -0.2) is 0 Å². The molecule has 3 rings (SSSR count). The summed E-state index contributed by atoms with van der Waals surface area (Å²) in [5, 5.41) is 10.8. The van der Waals surface area contributed by atoms with Gasteiger partial charge < -0.3 is 9.84 Å². The second kappa shape index (κ2) is 4.29. The molecule has 0 bridgehead atoms. The van der Waals surface area contributed by atoms with Crippen LogP contribution in [0.1, 0.15) is 28.2 Å². The number of nitrogens with zero attached hydrogens (tertiary/aromatic N) is 3. The van der Waals surface area contributed by atoms with Gasteiger partial charge in [-0.2, -0.15) is 5.10 Å². The van der Waals surface area contributed by atoms with E-state index in [1.54, 1.807) is 13.1 Å². The highest BCUT2D eigenvalue weighted by molar-refractivity contribution is 5.94. The van der Waals surface area contributed by atoms with Gasteiger partial charge in [-0.1, -0.05) is 5.16 Å². The van der Waals surface area contributed by atoms with E-state index >= 15 is 0 Å². The fourth-order valence-corrected chi connectivity index (χ4v) is 2.27. The fourth-order valence-electron chi connectivity index (χ4n) is 2.27. The number of amides is 1. The van der Waals surface area contributed by atoms with Crippen molar-refractivity contribution in [1.82, 2.24) is 20.3 Å². The number of carbonyl (C=O) groups is 1. The lowest BCUT2D eigenvalue weighted by molar-refractivity contribution is 0.0928. The van der Waals surface area contributed by atoms with Crippen molar-refractivity contribution in [2.45, 2.75) is 32.4 Å². The summed E-state index contributed by atoms with van der Waals surface area (Å²) in [7, 11) is 0. The topological polar surface area (TPSA) is 73.0 Å². The van der Waals surface area contributed by atoms with Gasteiger partial charge in [-0.05, 0) is 19.4 Å². The lowest BCUT2D eigenvalue weighted by Crippen LogP contribution is -2.40. The third-order valence-corrected chi connectivity index (χ3v) is 3.28. The molecule has 2 aromatic rings. The Morgan fingerprint density at radius 2 is 2.50 bits per heavy atom. The molecule has 94 valence electrons. The molecule has 0 saturated carbocycles. The van der Waals surface area contributed by atoms with Crippen LogP contribution < -0.4 is 5.32 Å². The van der Waals surface area contributed by atoms with E-state index in [0.29, 0.717) is 11.3 Å². The van der Waals surface area contributed by atoms with E-state index in [9.17, 15) is 4.79 Å². The van der Waals surface area contributed by atoms with Crippen LogP contribution in [0.25, 0.3) is 0 Å². The second-order valence-corrected chi connectivity index (χ2v) is 4.50. The molecule has 1 unspecified atom stereocenters. The third kappa shape index (κ3) is 1.90. The molecule has 0 fully saturated rings. The maximum atomic E-state index is 12.0. The smallest absolute Gasteiger partial charge is 0.256 e. The lowest BCUT2D eigenvalue weighted by atomic mass is 10.0. The average molecular weight is 246 g/mol. The summed E-state index contributed by atoms with van der Waals surface area (Å²) < 4.78 is 6.87. The first-order chi connectivity index (χ1) is 8.74. The zero-order chi connectivity index (χ0) is 12.5. The maximum Gasteiger partial charge on any atom is 0.256 e. The van der Waals surface area contributed by atoms with E-state index in [0.717, 1.165) is 25.1 Å². The van der Waals surface area contributed by atoms with E-state index in [4.69, 9.17) is 4.52 Å². The van der Waals surface area contributed by atoms with Gasteiger partial charge in [0.25, 0.3) is 5.91 Å². The lowest BCUT2D eigenvalue weighted by Gasteiger charge is -2.24. The molecular formula is C12H14N4O2. The Kier molecular flexibility index (Phi) is 2.62. The van der Waals surface area contributed by atoms with Crippen LogP contribution in [0.3, 0.4) is 0 Å². The van der Waals surface area contributed by atoms with E-state index in [2.05, 4.69) is 15.6 Å². The van der Waals surface area contributed by atoms with Crippen LogP contribution >= 0.6 is 0 Å². The minimum atomic E-state index is -0.119. The zero-order valence-electron chi connectivity index (χ0n) is 10.1. The van der Waals surface area contributed by atoms with Crippen LogP contribution in [0.2, 0.25) is 0 Å². The van der Waals surface area contributed by atoms with Gasteiger partial charge in [0.2, 0.25) is 0 Å². The van der Waals surface area contributed by atoms with E-state index < -0.39 is 0 Å². The summed E-state index contributed by atoms with van der Waals surface area (Å²) in [5.41, 5.74) is 1.67. The van der Waals surface area contributed by atoms with Crippen molar-refractivity contribution in [2.75, 3.05) is 0 Å². The summed E-state index contributed by atoms with van der Waals surface area (Å²) in [6.07, 6.45) is 4.96. The molecule has 6 heteroatoms. The van der Waals surface area contributed by atoms with E-state index in [1.165, 1.54) is 6.20 Å². The number of aryl methyl sites for hydroxylation is 2. The highest BCUT2D eigenvalue weighted by Gasteiger charge is 2.22. The molecule has 1 N–H and O–H groups in total. The Morgan fingerprint density at radius 1 is 1.61 bits per heavy atom. The highest BCUT2D eigenvalue weighted by Crippen LogP contribution is 2.15. The van der Waals surface area contributed by atoms with Gasteiger partial charge in [-0.15, -0.1) is 0 Å². The first-order valence-electron chi connectivity index (χ1n) is 5.97. The number of fused-ring (bicyclic) bond motifs is 1. The van der Waals surface area contributed by atoms with E-state index in [-0.39, 0.29) is 11.9 Å². The highest BCUT2D eigenvalue weighted by atomic mass is 16.5. The van der Waals surface area contributed by atoms with Crippen molar-refractivity contribution >= 4 is 5.91 Å². The van der Waals surface area contributed by atoms with Gasteiger partial charge in [0.1, 0.15) is 11.3 Å². The first-order valence-corrected chi connectivity index (χ1v) is 5.97. The SMILES string of the molecule is Cc1oncc1C(=O)NC1CCn2nccc2C1. The van der Waals surface area contributed by atoms with E-state index in [1.807, 2.05) is 10.7 Å². The molecule has 0 aliphatic carbocycles. The molecule has 2 aromatic heterocycles. The molecule has 0 spiro atoms. The molecule has 1 aliphatic rings. The zero-order valence-corrected chi connectivity index (χ0v) is 10.1. The Bertz CT molecular complexity index is 572. The van der Waals surface area contributed by atoms with Gasteiger partial charge in [0.05, 0.1) is 6.20 Å². The van der Waals surface area contributed by atoms with Crippen molar-refractivity contribution in [3.05, 3.63) is 35.5 Å². The number of carbonyl (C=O) groups excluding carboxylic acids is 1. The van der Waals surface area contributed by atoms with Crippen molar-refractivity contribution in [3.63, 3.8) is 0 Å². The second-order valence-electron chi connectivity index (χ2n) is 4.50. The molecule has 0 saturated heterocycles. The quantitative estimate of drug-likeness (QED) is 0.855. The van der Waals surface area contributed by atoms with Crippen LogP contribution in [0, 0.1) is 6.92 Å². The van der Waals surface area contributed by atoms with Crippen LogP contribution in [-0.2, 0) is 13.0 Å². The number of rotatable bonds is 2. The molecule has 3 heterocycles. The predicted octanol–water partition coefficient (Wildman–Crippen LogP) is 0.924. The predicted molar refractivity (Wildman–Crippen MR) is 63.0 cm³/mol. The minimum Gasteiger partial charge on any atom is -0.361 e. The molecule has 1 aliphatic heterocycles. The monoisotopic (exact) mass is 246 g/mol. The number of aromatic nitrogens is 3. The van der Waals surface area contributed by atoms with Crippen LogP contribution in [0.15, 0.2) is 23.0 Å². The minimum absolute atomic E-state index is 0.119. The molecular weight excluding hydrogens is 232 g/mol. The van der Waals surface area contributed by atoms with Crippen molar-refractivity contribution < 1.29 is 9.32 Å². The third-order valence-electron chi connectivity index (χ3n) is 3.28. The van der Waals surface area contributed by atoms with Crippen molar-refractivity contribution in [1.29, 1.82) is 0 Å². The molecule has 1 amide bonds.